The molecule has 0 aliphatic carbocycles. The number of pyridine rings is 1. The van der Waals surface area contributed by atoms with Gasteiger partial charge in [0.15, 0.2) is 11.6 Å². The fourth-order valence-electron chi connectivity index (χ4n) is 4.66. The van der Waals surface area contributed by atoms with E-state index in [0.717, 1.165) is 5.69 Å². The minimum absolute atomic E-state index is 0.0287. The Morgan fingerprint density at radius 1 is 1.06 bits per heavy atom. The lowest BCUT2D eigenvalue weighted by molar-refractivity contribution is 0.358. The lowest BCUT2D eigenvalue weighted by Crippen LogP contribution is -2.31. The van der Waals surface area contributed by atoms with Gasteiger partial charge >= 0.3 is 0 Å². The molecule has 2 aromatic heterocycles. The average molecular weight is 412 g/mol. The van der Waals surface area contributed by atoms with Gasteiger partial charge in [-0.1, -0.05) is 60.7 Å². The van der Waals surface area contributed by atoms with Gasteiger partial charge in [0, 0.05) is 31.3 Å². The van der Waals surface area contributed by atoms with Gasteiger partial charge in [-0.2, -0.15) is 0 Å². The van der Waals surface area contributed by atoms with Crippen molar-refractivity contribution in [2.75, 3.05) is 7.05 Å². The summed E-state index contributed by atoms with van der Waals surface area (Å²) in [5, 5.41) is 14.0. The highest BCUT2D eigenvalue weighted by molar-refractivity contribution is 5.62. The number of nitrogens with one attached hydrogen (secondary N) is 1. The normalized spacial score (nSPS) is 15.0. The largest absolute Gasteiger partial charge is 0.503 e. The molecule has 1 atom stereocenters. The third-order valence-electron chi connectivity index (χ3n) is 6.04. The molecule has 0 fully saturated rings. The molecule has 2 aromatic carbocycles. The highest BCUT2D eigenvalue weighted by Crippen LogP contribution is 2.43. The minimum atomic E-state index is -0.396. The third kappa shape index (κ3) is 3.25. The van der Waals surface area contributed by atoms with Crippen LogP contribution < -0.4 is 10.7 Å². The lowest BCUT2D eigenvalue weighted by atomic mass is 9.83. The van der Waals surface area contributed by atoms with Gasteiger partial charge in [-0.3, -0.25) is 4.79 Å². The van der Waals surface area contributed by atoms with E-state index < -0.39 is 5.43 Å². The van der Waals surface area contributed by atoms with Crippen LogP contribution in [0.5, 0.6) is 5.75 Å². The number of rotatable bonds is 5. The van der Waals surface area contributed by atoms with Crippen molar-refractivity contribution in [3.8, 4) is 17.3 Å². The summed E-state index contributed by atoms with van der Waals surface area (Å²) in [4.78, 5) is 16.9. The van der Waals surface area contributed by atoms with E-state index in [4.69, 9.17) is 0 Å². The molecule has 3 heterocycles. The molecule has 31 heavy (non-hydrogen) atoms. The van der Waals surface area contributed by atoms with E-state index >= 15 is 0 Å². The fourth-order valence-corrected chi connectivity index (χ4v) is 4.66. The van der Waals surface area contributed by atoms with Crippen LogP contribution in [0.25, 0.3) is 11.5 Å². The smallest absolute Gasteiger partial charge is 0.223 e. The second kappa shape index (κ2) is 7.89. The van der Waals surface area contributed by atoms with Crippen molar-refractivity contribution in [3.05, 3.63) is 106 Å². The summed E-state index contributed by atoms with van der Waals surface area (Å²) < 4.78 is 4.14. The van der Waals surface area contributed by atoms with Gasteiger partial charge in [0.25, 0.3) is 0 Å². The summed E-state index contributed by atoms with van der Waals surface area (Å²) in [7, 11) is 1.90. The molecule has 0 saturated carbocycles. The molecule has 2 N–H and O–H groups in total. The van der Waals surface area contributed by atoms with Crippen LogP contribution >= 0.6 is 0 Å². The molecular weight excluding hydrogens is 388 g/mol. The van der Waals surface area contributed by atoms with Crippen LogP contribution in [0.4, 0.5) is 0 Å². The first-order valence-corrected chi connectivity index (χ1v) is 10.4. The molecule has 0 bridgehead atoms. The van der Waals surface area contributed by atoms with Crippen LogP contribution in [0, 0.1) is 0 Å². The first-order valence-electron chi connectivity index (χ1n) is 10.4. The fraction of sp³-hybridized carbons (Fsp3) is 0.200. The van der Waals surface area contributed by atoms with E-state index in [-0.39, 0.29) is 17.7 Å². The average Bonchev–Trinajstić information content (AvgIpc) is 3.20. The predicted molar refractivity (Wildman–Crippen MR) is 120 cm³/mol. The van der Waals surface area contributed by atoms with E-state index in [1.165, 1.54) is 17.2 Å². The first kappa shape index (κ1) is 19.3. The van der Waals surface area contributed by atoms with Gasteiger partial charge in [0.2, 0.25) is 5.43 Å². The molecular formula is C25H24N4O2. The minimum Gasteiger partial charge on any atom is -0.503 e. The molecule has 0 saturated heterocycles. The summed E-state index contributed by atoms with van der Waals surface area (Å²) in [5.74, 6) is 0.396. The van der Waals surface area contributed by atoms with Crippen molar-refractivity contribution in [2.45, 2.75) is 25.0 Å². The quantitative estimate of drug-likeness (QED) is 0.526. The molecule has 6 heteroatoms. The standard InChI is InChI=1S/C25H24N4O2/c1-26-14-19-15-27-25-23-24(31)21(30)12-13-28(23)20(16-29(19)25)22(17-8-4-2-5-9-17)18-10-6-3-7-11-18/h2-13,15,20,22,26,31H,14,16H2,1H3/t20-/m1/s1. The topological polar surface area (TPSA) is 72.1 Å². The van der Waals surface area contributed by atoms with E-state index in [0.29, 0.717) is 24.6 Å². The molecule has 5 rings (SSSR count). The summed E-state index contributed by atoms with van der Waals surface area (Å²) in [5.41, 5.74) is 3.46. The van der Waals surface area contributed by atoms with Crippen LogP contribution in [0.3, 0.4) is 0 Å². The molecule has 0 unspecified atom stereocenters. The van der Waals surface area contributed by atoms with Gasteiger partial charge in [-0.25, -0.2) is 4.98 Å². The maximum Gasteiger partial charge on any atom is 0.223 e. The van der Waals surface area contributed by atoms with Crippen molar-refractivity contribution >= 4 is 0 Å². The van der Waals surface area contributed by atoms with Crippen molar-refractivity contribution in [1.29, 1.82) is 0 Å². The second-order valence-electron chi connectivity index (χ2n) is 7.86. The number of fused-ring (bicyclic) bond motifs is 3. The molecule has 1 aliphatic rings. The molecule has 1 aliphatic heterocycles. The zero-order valence-electron chi connectivity index (χ0n) is 17.3. The predicted octanol–water partition coefficient (Wildman–Crippen LogP) is 3.52. The van der Waals surface area contributed by atoms with E-state index in [9.17, 15) is 9.90 Å². The van der Waals surface area contributed by atoms with Crippen molar-refractivity contribution in [2.24, 2.45) is 0 Å². The Kier molecular flexibility index (Phi) is 4.92. The summed E-state index contributed by atoms with van der Waals surface area (Å²) in [6.07, 6.45) is 3.60. The van der Waals surface area contributed by atoms with E-state index in [1.807, 2.05) is 54.2 Å². The monoisotopic (exact) mass is 412 g/mol. The molecule has 0 radical (unpaired) electrons. The number of imidazole rings is 1. The molecule has 6 nitrogen and oxygen atoms in total. The highest BCUT2D eigenvalue weighted by Gasteiger charge is 2.35. The number of benzene rings is 2. The molecule has 4 aromatic rings. The van der Waals surface area contributed by atoms with Crippen LogP contribution in [0.2, 0.25) is 0 Å². The number of aromatic hydroxyl groups is 1. The highest BCUT2D eigenvalue weighted by atomic mass is 16.3. The Hall–Kier alpha value is -3.64. The molecule has 0 amide bonds. The number of aromatic nitrogens is 3. The number of hydrogen-bond donors (Lipinski definition) is 2. The first-order chi connectivity index (χ1) is 15.2. The van der Waals surface area contributed by atoms with Crippen LogP contribution in [0.15, 0.2) is 83.9 Å². The van der Waals surface area contributed by atoms with Crippen molar-refractivity contribution in [1.82, 2.24) is 19.4 Å². The Morgan fingerprint density at radius 3 is 2.32 bits per heavy atom. The van der Waals surface area contributed by atoms with Gasteiger partial charge in [0.05, 0.1) is 17.9 Å². The van der Waals surface area contributed by atoms with Gasteiger partial charge < -0.3 is 19.6 Å². The maximum absolute atomic E-state index is 12.3. The van der Waals surface area contributed by atoms with Crippen LogP contribution in [0.1, 0.15) is 28.8 Å². The molecule has 156 valence electrons. The van der Waals surface area contributed by atoms with Crippen molar-refractivity contribution in [3.63, 3.8) is 0 Å². The Balaban J connectivity index is 1.76. The Labute approximate surface area is 180 Å². The summed E-state index contributed by atoms with van der Waals surface area (Å²) >= 11 is 0. The van der Waals surface area contributed by atoms with Gasteiger partial charge in [-0.15, -0.1) is 0 Å². The Morgan fingerprint density at radius 2 is 1.71 bits per heavy atom. The van der Waals surface area contributed by atoms with Crippen LogP contribution in [-0.4, -0.2) is 26.3 Å². The van der Waals surface area contributed by atoms with Gasteiger partial charge in [0.1, 0.15) is 5.69 Å². The zero-order chi connectivity index (χ0) is 21.4. The Bertz CT molecular complexity index is 1220. The third-order valence-corrected chi connectivity index (χ3v) is 6.04. The summed E-state index contributed by atoms with van der Waals surface area (Å²) in [6.45, 7) is 1.33. The summed E-state index contributed by atoms with van der Waals surface area (Å²) in [6, 6.07) is 22.2. The molecule has 0 spiro atoms. The van der Waals surface area contributed by atoms with E-state index in [1.54, 1.807) is 6.20 Å². The SMILES string of the molecule is CNCc1cnc2n1C[C@H](C(c1ccccc1)c1ccccc1)n1ccc(=O)c(O)c1-2. The van der Waals surface area contributed by atoms with Gasteiger partial charge in [-0.05, 0) is 18.2 Å². The number of hydrogen-bond acceptors (Lipinski definition) is 4. The lowest BCUT2D eigenvalue weighted by Gasteiger charge is -2.36. The maximum atomic E-state index is 12.3. The number of nitrogens with zero attached hydrogens (tertiary/aromatic N) is 3. The zero-order valence-corrected chi connectivity index (χ0v) is 17.3. The van der Waals surface area contributed by atoms with Crippen molar-refractivity contribution < 1.29 is 5.11 Å². The van der Waals surface area contributed by atoms with E-state index in [2.05, 4.69) is 39.1 Å². The second-order valence-corrected chi connectivity index (χ2v) is 7.86. The van der Waals surface area contributed by atoms with Crippen LogP contribution in [-0.2, 0) is 13.1 Å².